The molecule has 20 heavy (non-hydrogen) atoms. The Kier molecular flexibility index (Phi) is 4.19. The quantitative estimate of drug-likeness (QED) is 0.656. The molecule has 1 N–H and O–H groups in total. The smallest absolute Gasteiger partial charge is 0.287 e. The van der Waals surface area contributed by atoms with Crippen molar-refractivity contribution in [1.29, 1.82) is 0 Å². The zero-order chi connectivity index (χ0) is 14.7. The summed E-state index contributed by atoms with van der Waals surface area (Å²) >= 11 is 5.78. The summed E-state index contributed by atoms with van der Waals surface area (Å²) in [7, 11) is 0. The number of hydrogen-bond acceptors (Lipinski definition) is 4. The Labute approximate surface area is 119 Å². The summed E-state index contributed by atoms with van der Waals surface area (Å²) in [5, 5.41) is 13.3. The Hall–Kier alpha value is -2.15. The Morgan fingerprint density at radius 2 is 2.15 bits per heavy atom. The van der Waals surface area contributed by atoms with Crippen LogP contribution in [0.15, 0.2) is 18.2 Å². The molecule has 106 valence electrons. The zero-order valence-electron chi connectivity index (χ0n) is 10.5. The second kappa shape index (κ2) is 5.87. The van der Waals surface area contributed by atoms with Crippen LogP contribution in [0.3, 0.4) is 0 Å². The van der Waals surface area contributed by atoms with Crippen molar-refractivity contribution in [3.05, 3.63) is 38.9 Å². The van der Waals surface area contributed by atoms with Crippen LogP contribution in [0.1, 0.15) is 16.8 Å². The number of nitro benzene ring substituents is 1. The molecule has 0 spiro atoms. The van der Waals surface area contributed by atoms with Crippen molar-refractivity contribution < 1.29 is 14.5 Å². The summed E-state index contributed by atoms with van der Waals surface area (Å²) in [4.78, 5) is 35.1. The maximum atomic E-state index is 12.3. The highest BCUT2D eigenvalue weighted by Crippen LogP contribution is 2.25. The number of nitrogens with zero attached hydrogens (tertiary/aromatic N) is 2. The molecule has 0 radical (unpaired) electrons. The number of hydrogen-bond donors (Lipinski definition) is 1. The molecule has 0 aliphatic carbocycles. The van der Waals surface area contributed by atoms with E-state index in [1.807, 2.05) is 0 Å². The molecular weight excluding hydrogens is 286 g/mol. The molecule has 2 rings (SSSR count). The SMILES string of the molecule is O=C1CCN(C(=O)c2ccc([N+](=O)[O-])c(Cl)c2)CCN1. The lowest BCUT2D eigenvalue weighted by Crippen LogP contribution is -2.34. The number of halogens is 1. The van der Waals surface area contributed by atoms with Crippen LogP contribution in [-0.2, 0) is 4.79 Å². The van der Waals surface area contributed by atoms with Crippen LogP contribution in [0.4, 0.5) is 5.69 Å². The fourth-order valence-electron chi connectivity index (χ4n) is 1.94. The molecule has 1 saturated heterocycles. The van der Waals surface area contributed by atoms with Gasteiger partial charge in [0.2, 0.25) is 5.91 Å². The van der Waals surface area contributed by atoms with Crippen LogP contribution < -0.4 is 5.32 Å². The molecule has 0 aromatic heterocycles. The van der Waals surface area contributed by atoms with Crippen molar-refractivity contribution in [3.8, 4) is 0 Å². The minimum absolute atomic E-state index is 0.0788. The largest absolute Gasteiger partial charge is 0.354 e. The average Bonchev–Trinajstić information content (AvgIpc) is 2.62. The highest BCUT2D eigenvalue weighted by Gasteiger charge is 2.21. The van der Waals surface area contributed by atoms with Gasteiger partial charge in [-0.05, 0) is 12.1 Å². The molecule has 7 nitrogen and oxygen atoms in total. The van der Waals surface area contributed by atoms with Gasteiger partial charge in [0, 0.05) is 37.7 Å². The van der Waals surface area contributed by atoms with E-state index in [1.165, 1.54) is 23.1 Å². The molecule has 0 unspecified atom stereocenters. The number of nitro groups is 1. The Morgan fingerprint density at radius 3 is 2.80 bits per heavy atom. The summed E-state index contributed by atoms with van der Waals surface area (Å²) in [6, 6.07) is 3.85. The van der Waals surface area contributed by atoms with Crippen molar-refractivity contribution in [2.75, 3.05) is 19.6 Å². The van der Waals surface area contributed by atoms with Gasteiger partial charge in [0.25, 0.3) is 11.6 Å². The van der Waals surface area contributed by atoms with Gasteiger partial charge in [0.1, 0.15) is 5.02 Å². The van der Waals surface area contributed by atoms with E-state index in [1.54, 1.807) is 0 Å². The number of carbonyl (C=O) groups excluding carboxylic acids is 2. The minimum Gasteiger partial charge on any atom is -0.354 e. The Bertz CT molecular complexity index is 576. The van der Waals surface area contributed by atoms with E-state index < -0.39 is 4.92 Å². The zero-order valence-corrected chi connectivity index (χ0v) is 11.2. The van der Waals surface area contributed by atoms with Gasteiger partial charge >= 0.3 is 0 Å². The Morgan fingerprint density at radius 1 is 1.40 bits per heavy atom. The summed E-state index contributed by atoms with van der Waals surface area (Å²) in [5.41, 5.74) is 0.0332. The number of rotatable bonds is 2. The molecule has 0 bridgehead atoms. The fraction of sp³-hybridized carbons (Fsp3) is 0.333. The van der Waals surface area contributed by atoms with Crippen LogP contribution in [0.25, 0.3) is 0 Å². The van der Waals surface area contributed by atoms with E-state index in [-0.39, 0.29) is 34.5 Å². The number of nitrogens with one attached hydrogen (secondary N) is 1. The van der Waals surface area contributed by atoms with Crippen LogP contribution in [0, 0.1) is 10.1 Å². The van der Waals surface area contributed by atoms with Crippen LogP contribution in [-0.4, -0.2) is 41.3 Å². The number of benzene rings is 1. The van der Waals surface area contributed by atoms with Crippen LogP contribution in [0.5, 0.6) is 0 Å². The lowest BCUT2D eigenvalue weighted by Gasteiger charge is -2.19. The molecule has 2 amide bonds. The standard InChI is InChI=1S/C12H12ClN3O4/c13-9-7-8(1-2-10(9)16(19)20)12(18)15-5-3-11(17)14-4-6-15/h1-2,7H,3-6H2,(H,14,17). The molecular formula is C12H12ClN3O4. The first-order valence-corrected chi connectivity index (χ1v) is 6.37. The average molecular weight is 298 g/mol. The van der Waals surface area contributed by atoms with Crippen molar-refractivity contribution in [1.82, 2.24) is 10.2 Å². The Balaban J connectivity index is 2.18. The molecule has 0 atom stereocenters. The molecule has 8 heteroatoms. The monoisotopic (exact) mass is 297 g/mol. The first kappa shape index (κ1) is 14.3. The van der Waals surface area contributed by atoms with Crippen LogP contribution >= 0.6 is 11.6 Å². The van der Waals surface area contributed by atoms with E-state index in [0.717, 1.165) is 0 Å². The summed E-state index contributed by atoms with van der Waals surface area (Å²) in [6.45, 7) is 1.11. The van der Waals surface area contributed by atoms with E-state index in [2.05, 4.69) is 5.32 Å². The molecule has 1 aliphatic rings. The van der Waals surface area contributed by atoms with Gasteiger partial charge in [-0.1, -0.05) is 11.6 Å². The topological polar surface area (TPSA) is 92.5 Å². The van der Waals surface area contributed by atoms with Gasteiger partial charge in [-0.15, -0.1) is 0 Å². The minimum atomic E-state index is -0.606. The van der Waals surface area contributed by atoms with Crippen molar-refractivity contribution in [2.45, 2.75) is 6.42 Å². The van der Waals surface area contributed by atoms with Gasteiger partial charge < -0.3 is 10.2 Å². The summed E-state index contributed by atoms with van der Waals surface area (Å²) in [6.07, 6.45) is 0.243. The molecule has 1 heterocycles. The number of amides is 2. The maximum absolute atomic E-state index is 12.3. The first-order valence-electron chi connectivity index (χ1n) is 5.99. The van der Waals surface area contributed by atoms with Gasteiger partial charge in [0.05, 0.1) is 4.92 Å². The van der Waals surface area contributed by atoms with E-state index in [4.69, 9.17) is 11.6 Å². The third kappa shape index (κ3) is 3.05. The highest BCUT2D eigenvalue weighted by atomic mass is 35.5. The highest BCUT2D eigenvalue weighted by molar-refractivity contribution is 6.33. The fourth-order valence-corrected chi connectivity index (χ4v) is 2.19. The number of carbonyl (C=O) groups is 2. The van der Waals surface area contributed by atoms with Crippen molar-refractivity contribution >= 4 is 29.1 Å². The summed E-state index contributed by atoms with van der Waals surface area (Å²) < 4.78 is 0. The maximum Gasteiger partial charge on any atom is 0.287 e. The van der Waals surface area contributed by atoms with E-state index in [9.17, 15) is 19.7 Å². The van der Waals surface area contributed by atoms with Gasteiger partial charge in [0.15, 0.2) is 0 Å². The van der Waals surface area contributed by atoms with E-state index in [0.29, 0.717) is 19.6 Å². The molecule has 0 saturated carbocycles. The lowest BCUT2D eigenvalue weighted by molar-refractivity contribution is -0.384. The van der Waals surface area contributed by atoms with E-state index >= 15 is 0 Å². The van der Waals surface area contributed by atoms with Gasteiger partial charge in [-0.2, -0.15) is 0 Å². The molecule has 1 aromatic carbocycles. The van der Waals surface area contributed by atoms with Crippen LogP contribution in [0.2, 0.25) is 5.02 Å². The summed E-state index contributed by atoms with van der Waals surface area (Å²) in [5.74, 6) is -0.389. The molecule has 1 fully saturated rings. The van der Waals surface area contributed by atoms with Gasteiger partial charge in [-0.25, -0.2) is 0 Å². The predicted molar refractivity (Wildman–Crippen MR) is 71.6 cm³/mol. The second-order valence-corrected chi connectivity index (χ2v) is 4.72. The van der Waals surface area contributed by atoms with Crippen molar-refractivity contribution in [3.63, 3.8) is 0 Å². The first-order chi connectivity index (χ1) is 9.49. The molecule has 1 aliphatic heterocycles. The van der Waals surface area contributed by atoms with Gasteiger partial charge in [-0.3, -0.25) is 19.7 Å². The second-order valence-electron chi connectivity index (χ2n) is 4.32. The third-order valence-electron chi connectivity index (χ3n) is 2.99. The third-order valence-corrected chi connectivity index (χ3v) is 3.29. The molecule has 1 aromatic rings. The van der Waals surface area contributed by atoms with Crippen molar-refractivity contribution in [2.24, 2.45) is 0 Å². The predicted octanol–water partition coefficient (Wildman–Crippen LogP) is 1.21. The normalized spacial score (nSPS) is 15.4. The lowest BCUT2D eigenvalue weighted by atomic mass is 10.1.